The SMILES string of the molecule is CCCOC(=O)CN1C(=O)/C(=C/c2ccc(OCc3ccccc3Cl)c(OC)c2)SC1=S. The van der Waals surface area contributed by atoms with Crippen LogP contribution in [-0.2, 0) is 20.9 Å². The molecule has 6 nitrogen and oxygen atoms in total. The first-order valence-corrected chi connectivity index (χ1v) is 11.5. The van der Waals surface area contributed by atoms with Crippen LogP contribution in [0.1, 0.15) is 24.5 Å². The van der Waals surface area contributed by atoms with Crippen LogP contribution in [0.5, 0.6) is 11.5 Å². The number of hydrogen-bond acceptors (Lipinski definition) is 7. The molecule has 0 spiro atoms. The number of carbonyl (C=O) groups is 2. The van der Waals surface area contributed by atoms with E-state index in [0.717, 1.165) is 22.9 Å². The van der Waals surface area contributed by atoms with E-state index in [1.165, 1.54) is 4.90 Å². The predicted octanol–water partition coefficient (Wildman–Crippen LogP) is 5.08. The van der Waals surface area contributed by atoms with Crippen molar-refractivity contribution < 1.29 is 23.8 Å². The summed E-state index contributed by atoms with van der Waals surface area (Å²) in [5, 5.41) is 0.628. The molecule has 1 aliphatic rings. The zero-order valence-electron chi connectivity index (χ0n) is 17.6. The van der Waals surface area contributed by atoms with Crippen LogP contribution >= 0.6 is 35.6 Å². The van der Waals surface area contributed by atoms with Gasteiger partial charge in [-0.25, -0.2) is 0 Å². The molecule has 1 amide bonds. The minimum atomic E-state index is -0.480. The zero-order valence-corrected chi connectivity index (χ0v) is 20.0. The second-order valence-corrected chi connectivity index (χ2v) is 8.86. The van der Waals surface area contributed by atoms with Gasteiger partial charge in [-0.3, -0.25) is 14.5 Å². The summed E-state index contributed by atoms with van der Waals surface area (Å²) in [6, 6.07) is 12.8. The third kappa shape index (κ3) is 6.03. The molecule has 0 aromatic heterocycles. The highest BCUT2D eigenvalue weighted by atomic mass is 35.5. The van der Waals surface area contributed by atoms with E-state index in [0.29, 0.717) is 45.4 Å². The quantitative estimate of drug-likeness (QED) is 0.275. The first-order valence-electron chi connectivity index (χ1n) is 9.88. The van der Waals surface area contributed by atoms with E-state index in [9.17, 15) is 9.59 Å². The number of carbonyl (C=O) groups excluding carboxylic acids is 2. The first kappa shape index (κ1) is 24.1. The number of thioether (sulfide) groups is 1. The molecule has 1 heterocycles. The van der Waals surface area contributed by atoms with Crippen LogP contribution in [-0.4, -0.2) is 41.4 Å². The smallest absolute Gasteiger partial charge is 0.326 e. The summed E-state index contributed by atoms with van der Waals surface area (Å²) in [6.07, 6.45) is 2.42. The van der Waals surface area contributed by atoms with E-state index in [4.69, 9.17) is 38.0 Å². The topological polar surface area (TPSA) is 65.1 Å². The number of hydrogen-bond donors (Lipinski definition) is 0. The molecule has 1 fully saturated rings. The molecule has 9 heteroatoms. The van der Waals surface area contributed by atoms with E-state index < -0.39 is 5.97 Å². The van der Waals surface area contributed by atoms with Crippen molar-refractivity contribution in [1.29, 1.82) is 0 Å². The van der Waals surface area contributed by atoms with Crippen molar-refractivity contribution in [3.63, 3.8) is 0 Å². The van der Waals surface area contributed by atoms with E-state index >= 15 is 0 Å². The largest absolute Gasteiger partial charge is 0.493 e. The van der Waals surface area contributed by atoms with Crippen LogP contribution < -0.4 is 9.47 Å². The average Bonchev–Trinajstić information content (AvgIpc) is 3.04. The summed E-state index contributed by atoms with van der Waals surface area (Å²) in [5.74, 6) is 0.262. The molecule has 2 aromatic rings. The maximum atomic E-state index is 12.7. The van der Waals surface area contributed by atoms with E-state index in [1.807, 2.05) is 31.2 Å². The lowest BCUT2D eigenvalue weighted by Gasteiger charge is -2.13. The molecule has 0 bridgehead atoms. The fourth-order valence-electron chi connectivity index (χ4n) is 2.84. The van der Waals surface area contributed by atoms with E-state index in [-0.39, 0.29) is 12.5 Å². The molecule has 0 saturated carbocycles. The Hall–Kier alpha value is -2.55. The van der Waals surface area contributed by atoms with Crippen LogP contribution in [0.4, 0.5) is 0 Å². The van der Waals surface area contributed by atoms with Crippen molar-refractivity contribution in [2.45, 2.75) is 20.0 Å². The summed E-state index contributed by atoms with van der Waals surface area (Å²) < 4.78 is 16.7. The van der Waals surface area contributed by atoms with Gasteiger partial charge < -0.3 is 14.2 Å². The number of thiocarbonyl (C=S) groups is 1. The van der Waals surface area contributed by atoms with Crippen molar-refractivity contribution >= 4 is 57.9 Å². The van der Waals surface area contributed by atoms with E-state index in [2.05, 4.69) is 0 Å². The van der Waals surface area contributed by atoms with Crippen molar-refractivity contribution in [2.24, 2.45) is 0 Å². The summed E-state index contributed by atoms with van der Waals surface area (Å²) in [5.41, 5.74) is 1.60. The number of amides is 1. The normalized spacial score (nSPS) is 14.7. The molecule has 0 atom stereocenters. The summed E-state index contributed by atoms with van der Waals surface area (Å²) in [7, 11) is 1.54. The molecule has 0 aliphatic carbocycles. The number of benzene rings is 2. The van der Waals surface area contributed by atoms with Gasteiger partial charge in [0, 0.05) is 10.6 Å². The van der Waals surface area contributed by atoms with Gasteiger partial charge in [0.25, 0.3) is 5.91 Å². The van der Waals surface area contributed by atoms with Crippen LogP contribution in [0.25, 0.3) is 6.08 Å². The highest BCUT2D eigenvalue weighted by molar-refractivity contribution is 8.26. The van der Waals surface area contributed by atoms with Crippen molar-refractivity contribution in [1.82, 2.24) is 4.90 Å². The highest BCUT2D eigenvalue weighted by Crippen LogP contribution is 2.35. The Labute approximate surface area is 201 Å². The zero-order chi connectivity index (χ0) is 23.1. The summed E-state index contributed by atoms with van der Waals surface area (Å²) in [4.78, 5) is 26.3. The summed E-state index contributed by atoms with van der Waals surface area (Å²) in [6.45, 7) is 2.31. The predicted molar refractivity (Wildman–Crippen MR) is 130 cm³/mol. The number of ether oxygens (including phenoxy) is 3. The van der Waals surface area contributed by atoms with Crippen molar-refractivity contribution in [2.75, 3.05) is 20.3 Å². The third-order valence-corrected chi connectivity index (χ3v) is 6.20. The summed E-state index contributed by atoms with van der Waals surface area (Å²) >= 11 is 12.6. The molecule has 2 aromatic carbocycles. The average molecular weight is 492 g/mol. The lowest BCUT2D eigenvalue weighted by molar-refractivity contribution is -0.146. The maximum absolute atomic E-state index is 12.7. The monoisotopic (exact) mass is 491 g/mol. The van der Waals surface area contributed by atoms with Crippen LogP contribution in [0.15, 0.2) is 47.4 Å². The van der Waals surface area contributed by atoms with Gasteiger partial charge in [-0.15, -0.1) is 0 Å². The maximum Gasteiger partial charge on any atom is 0.326 e. The van der Waals surface area contributed by atoms with Gasteiger partial charge in [0.1, 0.15) is 17.5 Å². The second kappa shape index (κ2) is 11.4. The number of nitrogens with zero attached hydrogens (tertiary/aromatic N) is 1. The molecule has 168 valence electrons. The molecular weight excluding hydrogens is 470 g/mol. The van der Waals surface area contributed by atoms with Gasteiger partial charge in [-0.05, 0) is 36.3 Å². The van der Waals surface area contributed by atoms with Gasteiger partial charge in [-0.2, -0.15) is 0 Å². The lowest BCUT2D eigenvalue weighted by atomic mass is 10.1. The number of methoxy groups -OCH3 is 1. The Morgan fingerprint density at radius 2 is 2.00 bits per heavy atom. The van der Waals surface area contributed by atoms with Gasteiger partial charge in [0.05, 0.1) is 18.6 Å². The van der Waals surface area contributed by atoms with Crippen LogP contribution in [0.2, 0.25) is 5.02 Å². The Balaban J connectivity index is 1.71. The Morgan fingerprint density at radius 1 is 1.22 bits per heavy atom. The third-order valence-electron chi connectivity index (χ3n) is 4.45. The Bertz CT molecular complexity index is 1060. The molecule has 1 aliphatic heterocycles. The highest BCUT2D eigenvalue weighted by Gasteiger charge is 2.33. The lowest BCUT2D eigenvalue weighted by Crippen LogP contribution is -2.34. The van der Waals surface area contributed by atoms with Crippen LogP contribution in [0, 0.1) is 0 Å². The fourth-order valence-corrected chi connectivity index (χ4v) is 4.29. The number of esters is 1. The molecule has 3 rings (SSSR count). The number of halogens is 1. The molecule has 32 heavy (non-hydrogen) atoms. The van der Waals surface area contributed by atoms with Crippen LogP contribution in [0.3, 0.4) is 0 Å². The second-order valence-electron chi connectivity index (χ2n) is 6.78. The fraction of sp³-hybridized carbons (Fsp3) is 0.261. The minimum absolute atomic E-state index is 0.194. The van der Waals surface area contributed by atoms with Gasteiger partial charge in [-0.1, -0.05) is 66.8 Å². The van der Waals surface area contributed by atoms with Gasteiger partial charge in [0.2, 0.25) is 0 Å². The Kier molecular flexibility index (Phi) is 8.55. The molecular formula is C23H22ClNO5S2. The van der Waals surface area contributed by atoms with Crippen molar-refractivity contribution in [3.8, 4) is 11.5 Å². The Morgan fingerprint density at radius 3 is 2.72 bits per heavy atom. The first-order chi connectivity index (χ1) is 15.4. The van der Waals surface area contributed by atoms with Gasteiger partial charge in [0.15, 0.2) is 11.5 Å². The standard InChI is InChI=1S/C23H22ClNO5S2/c1-3-10-29-21(26)13-25-22(27)20(32-23(25)31)12-15-8-9-18(19(11-15)28-2)30-14-16-6-4-5-7-17(16)24/h4-9,11-12H,3,10,13-14H2,1-2H3/b20-12-. The molecule has 0 N–H and O–H groups in total. The molecule has 1 saturated heterocycles. The minimum Gasteiger partial charge on any atom is -0.493 e. The molecule has 0 unspecified atom stereocenters. The van der Waals surface area contributed by atoms with Crippen molar-refractivity contribution in [3.05, 3.63) is 63.5 Å². The van der Waals surface area contributed by atoms with E-state index in [1.54, 1.807) is 31.4 Å². The molecule has 0 radical (unpaired) electrons. The number of rotatable bonds is 9. The van der Waals surface area contributed by atoms with Gasteiger partial charge >= 0.3 is 5.97 Å².